The second kappa shape index (κ2) is 10.3. The number of fused-ring (bicyclic) bond motifs is 1. The van der Waals surface area contributed by atoms with Crippen molar-refractivity contribution in [3.8, 4) is 22.8 Å². The average Bonchev–Trinajstić information content (AvgIpc) is 2.82. The topological polar surface area (TPSA) is 87.6 Å². The number of hydrogen-bond acceptors (Lipinski definition) is 6. The lowest BCUT2D eigenvalue weighted by Gasteiger charge is -2.13. The van der Waals surface area contributed by atoms with Crippen molar-refractivity contribution in [3.63, 3.8) is 0 Å². The van der Waals surface area contributed by atoms with Gasteiger partial charge in [0.1, 0.15) is 12.4 Å². The predicted octanol–water partition coefficient (Wildman–Crippen LogP) is 5.50. The molecule has 1 amide bonds. The second-order valence-corrected chi connectivity index (χ2v) is 8.67. The van der Waals surface area contributed by atoms with Gasteiger partial charge in [0.15, 0.2) is 5.15 Å². The number of hydrogen-bond donors (Lipinski definition) is 2. The summed E-state index contributed by atoms with van der Waals surface area (Å²) in [5.41, 5.74) is 2.60. The van der Waals surface area contributed by atoms with E-state index in [9.17, 15) is 9.90 Å². The molecule has 174 valence electrons. The highest BCUT2D eigenvalue weighted by Gasteiger charge is 2.14. The van der Waals surface area contributed by atoms with Crippen LogP contribution in [0.15, 0.2) is 60.7 Å². The quantitative estimate of drug-likeness (QED) is 0.351. The smallest absolute Gasteiger partial charge is 0.255 e. The van der Waals surface area contributed by atoms with Gasteiger partial charge < -0.3 is 20.1 Å². The lowest BCUT2D eigenvalue weighted by Crippen LogP contribution is -2.19. The minimum Gasteiger partial charge on any atom is -0.492 e. The fourth-order valence-corrected chi connectivity index (χ4v) is 3.72. The van der Waals surface area contributed by atoms with Crippen molar-refractivity contribution in [2.75, 3.05) is 32.6 Å². The molecule has 0 saturated heterocycles. The minimum absolute atomic E-state index is 0.0927. The van der Waals surface area contributed by atoms with E-state index in [-0.39, 0.29) is 16.9 Å². The fourth-order valence-electron chi connectivity index (χ4n) is 3.36. The van der Waals surface area contributed by atoms with E-state index in [0.717, 1.165) is 23.4 Å². The summed E-state index contributed by atoms with van der Waals surface area (Å²) < 4.78 is 5.83. The molecule has 1 heterocycles. The molecule has 4 rings (SSSR count). The molecule has 0 bridgehead atoms. The number of nitrogens with zero attached hydrogens (tertiary/aromatic N) is 3. The molecule has 0 aliphatic rings. The number of halogens is 2. The summed E-state index contributed by atoms with van der Waals surface area (Å²) in [4.78, 5) is 15.0. The predicted molar refractivity (Wildman–Crippen MR) is 135 cm³/mol. The first-order valence-electron chi connectivity index (χ1n) is 10.5. The van der Waals surface area contributed by atoms with E-state index in [1.165, 1.54) is 0 Å². The Morgan fingerprint density at radius 3 is 2.59 bits per heavy atom. The van der Waals surface area contributed by atoms with Crippen molar-refractivity contribution in [3.05, 3.63) is 76.4 Å². The third kappa shape index (κ3) is 5.39. The molecule has 0 radical (unpaired) electrons. The summed E-state index contributed by atoms with van der Waals surface area (Å²) in [5, 5.41) is 21.3. The molecule has 0 saturated carbocycles. The lowest BCUT2D eigenvalue weighted by molar-refractivity contribution is 0.102. The number of aromatic hydroxyl groups is 1. The van der Waals surface area contributed by atoms with Crippen molar-refractivity contribution < 1.29 is 14.6 Å². The van der Waals surface area contributed by atoms with Crippen LogP contribution in [0.1, 0.15) is 10.4 Å². The summed E-state index contributed by atoms with van der Waals surface area (Å²) in [5.74, 6) is 0.128. The maximum atomic E-state index is 12.9. The zero-order chi connectivity index (χ0) is 24.2. The standard InChI is InChI=1S/C25H22Cl2N4O3/c1-31(2)10-11-34-18-5-3-4-15(12-18)16-7-9-21(26)22(14-16)28-24(32)17-6-8-19-20(13-17)23(27)29-30-25(19)33/h3-9,12-14H,10-11H2,1-2H3,(H,28,32)(H,30,33). The molecule has 9 heteroatoms. The van der Waals surface area contributed by atoms with Crippen molar-refractivity contribution in [1.29, 1.82) is 0 Å². The zero-order valence-corrected chi connectivity index (χ0v) is 20.1. The molecular weight excluding hydrogens is 475 g/mol. The lowest BCUT2D eigenvalue weighted by atomic mass is 10.0. The van der Waals surface area contributed by atoms with Gasteiger partial charge in [0.25, 0.3) is 5.91 Å². The maximum Gasteiger partial charge on any atom is 0.255 e. The average molecular weight is 497 g/mol. The van der Waals surface area contributed by atoms with Gasteiger partial charge in [-0.15, -0.1) is 10.2 Å². The van der Waals surface area contributed by atoms with Gasteiger partial charge in [0.2, 0.25) is 5.88 Å². The first-order chi connectivity index (χ1) is 16.3. The molecule has 1 aromatic heterocycles. The molecule has 0 unspecified atom stereocenters. The highest BCUT2D eigenvalue weighted by Crippen LogP contribution is 2.32. The van der Waals surface area contributed by atoms with Crippen LogP contribution in [0.4, 0.5) is 5.69 Å². The van der Waals surface area contributed by atoms with Crippen molar-refractivity contribution in [2.45, 2.75) is 0 Å². The number of likely N-dealkylation sites (N-methyl/N-ethyl adjacent to an activating group) is 1. The number of ether oxygens (including phenoxy) is 1. The van der Waals surface area contributed by atoms with E-state index < -0.39 is 0 Å². The van der Waals surface area contributed by atoms with Gasteiger partial charge in [0.05, 0.1) is 10.7 Å². The molecule has 0 atom stereocenters. The molecule has 0 aliphatic heterocycles. The van der Waals surface area contributed by atoms with E-state index in [1.54, 1.807) is 24.3 Å². The highest BCUT2D eigenvalue weighted by atomic mass is 35.5. The van der Waals surface area contributed by atoms with E-state index >= 15 is 0 Å². The van der Waals surface area contributed by atoms with Gasteiger partial charge in [-0.2, -0.15) is 0 Å². The van der Waals surface area contributed by atoms with E-state index in [1.807, 2.05) is 50.5 Å². The monoisotopic (exact) mass is 496 g/mol. The number of aromatic nitrogens is 2. The fraction of sp³-hybridized carbons (Fsp3) is 0.160. The van der Waals surface area contributed by atoms with Gasteiger partial charge in [-0.3, -0.25) is 4.79 Å². The zero-order valence-electron chi connectivity index (χ0n) is 18.5. The Kier molecular flexibility index (Phi) is 7.17. The summed E-state index contributed by atoms with van der Waals surface area (Å²) in [6.45, 7) is 1.39. The summed E-state index contributed by atoms with van der Waals surface area (Å²) in [6, 6.07) is 17.9. The molecular formula is C25H22Cl2N4O3. The Labute approximate surface area is 206 Å². The largest absolute Gasteiger partial charge is 0.492 e. The molecule has 0 fully saturated rings. The number of rotatable bonds is 7. The number of carbonyl (C=O) groups is 1. The first kappa shape index (κ1) is 23.8. The van der Waals surface area contributed by atoms with Crippen LogP contribution < -0.4 is 10.1 Å². The van der Waals surface area contributed by atoms with Crippen LogP contribution >= 0.6 is 23.2 Å². The number of amides is 1. The van der Waals surface area contributed by atoms with Crippen LogP contribution in [0, 0.1) is 0 Å². The first-order valence-corrected chi connectivity index (χ1v) is 11.2. The number of benzene rings is 3. The van der Waals surface area contributed by atoms with Crippen molar-refractivity contribution >= 4 is 45.6 Å². The molecule has 34 heavy (non-hydrogen) atoms. The Morgan fingerprint density at radius 1 is 1.00 bits per heavy atom. The highest BCUT2D eigenvalue weighted by molar-refractivity contribution is 6.35. The molecule has 3 aromatic carbocycles. The number of nitrogens with one attached hydrogen (secondary N) is 1. The van der Waals surface area contributed by atoms with Crippen LogP contribution in [0.2, 0.25) is 10.2 Å². The SMILES string of the molecule is CN(C)CCOc1cccc(-c2ccc(Cl)c(NC(=O)c3ccc4c(O)nnc(Cl)c4c3)c2)c1. The third-order valence-corrected chi connectivity index (χ3v) is 5.78. The summed E-state index contributed by atoms with van der Waals surface area (Å²) in [7, 11) is 3.99. The Hall–Kier alpha value is -3.39. The second-order valence-electron chi connectivity index (χ2n) is 7.90. The Morgan fingerprint density at radius 2 is 1.79 bits per heavy atom. The summed E-state index contributed by atoms with van der Waals surface area (Å²) in [6.07, 6.45) is 0. The van der Waals surface area contributed by atoms with Gasteiger partial charge in [-0.05, 0) is 67.7 Å². The molecule has 4 aromatic rings. The van der Waals surface area contributed by atoms with Crippen molar-refractivity contribution in [1.82, 2.24) is 15.1 Å². The minimum atomic E-state index is -0.380. The van der Waals surface area contributed by atoms with Gasteiger partial charge in [0, 0.05) is 22.9 Å². The number of anilines is 1. The maximum absolute atomic E-state index is 12.9. The van der Waals surface area contributed by atoms with Crippen LogP contribution in [0.25, 0.3) is 21.9 Å². The summed E-state index contributed by atoms with van der Waals surface area (Å²) >= 11 is 12.5. The van der Waals surface area contributed by atoms with Crippen LogP contribution in [0.5, 0.6) is 11.6 Å². The van der Waals surface area contributed by atoms with Crippen molar-refractivity contribution in [2.24, 2.45) is 0 Å². The van der Waals surface area contributed by atoms with Crippen LogP contribution in [-0.2, 0) is 0 Å². The van der Waals surface area contributed by atoms with E-state index in [4.69, 9.17) is 27.9 Å². The molecule has 0 aliphatic carbocycles. The van der Waals surface area contributed by atoms with E-state index in [0.29, 0.717) is 33.7 Å². The van der Waals surface area contributed by atoms with Gasteiger partial charge in [-0.1, -0.05) is 41.4 Å². The van der Waals surface area contributed by atoms with Crippen LogP contribution in [-0.4, -0.2) is 53.4 Å². The Balaban J connectivity index is 1.57. The molecule has 2 N–H and O–H groups in total. The van der Waals surface area contributed by atoms with Crippen LogP contribution in [0.3, 0.4) is 0 Å². The Bertz CT molecular complexity index is 1360. The van der Waals surface area contributed by atoms with Gasteiger partial charge in [-0.25, -0.2) is 0 Å². The molecule has 0 spiro atoms. The number of carbonyl (C=O) groups excluding carboxylic acids is 1. The normalized spacial score (nSPS) is 11.1. The van der Waals surface area contributed by atoms with E-state index in [2.05, 4.69) is 20.4 Å². The third-order valence-electron chi connectivity index (χ3n) is 5.17. The molecule has 7 nitrogen and oxygen atoms in total. The van der Waals surface area contributed by atoms with Gasteiger partial charge >= 0.3 is 0 Å².